The van der Waals surface area contributed by atoms with E-state index in [1.54, 1.807) is 18.2 Å². The molecule has 2 heterocycles. The first-order valence-corrected chi connectivity index (χ1v) is 6.88. The molecule has 116 valence electrons. The fraction of sp³-hybridized carbons (Fsp3) is 0.615. The van der Waals surface area contributed by atoms with E-state index >= 15 is 0 Å². The minimum atomic E-state index is -1.07. The Kier molecular flexibility index (Phi) is 5.15. The molecule has 21 heavy (non-hydrogen) atoms. The van der Waals surface area contributed by atoms with Gasteiger partial charge < -0.3 is 25.0 Å². The summed E-state index contributed by atoms with van der Waals surface area (Å²) in [6.07, 6.45) is 4.97. The van der Waals surface area contributed by atoms with Crippen molar-refractivity contribution >= 4 is 12.0 Å². The normalized spacial score (nSPS) is 20.0. The molecule has 8 nitrogen and oxygen atoms in total. The molecule has 1 saturated heterocycles. The lowest BCUT2D eigenvalue weighted by molar-refractivity contribution is -0.139. The molecule has 1 aromatic heterocycles. The Balaban J connectivity index is 1.93. The molecular formula is C13H20N4O4. The van der Waals surface area contributed by atoms with Gasteiger partial charge in [-0.2, -0.15) is 0 Å². The van der Waals surface area contributed by atoms with Crippen LogP contribution in [0.15, 0.2) is 12.5 Å². The highest BCUT2D eigenvalue weighted by Gasteiger charge is 2.27. The summed E-state index contributed by atoms with van der Waals surface area (Å²) in [5, 5.41) is 11.8. The molecule has 1 fully saturated rings. The van der Waals surface area contributed by atoms with Crippen molar-refractivity contribution in [3.63, 3.8) is 0 Å². The Morgan fingerprint density at radius 1 is 1.67 bits per heavy atom. The molecule has 1 aliphatic rings. The largest absolute Gasteiger partial charge is 0.480 e. The van der Waals surface area contributed by atoms with E-state index in [9.17, 15) is 14.7 Å². The highest BCUT2D eigenvalue weighted by Crippen LogP contribution is 2.12. The first-order valence-electron chi connectivity index (χ1n) is 6.88. The highest BCUT2D eigenvalue weighted by molar-refractivity contribution is 5.82. The number of carbonyl (C=O) groups is 2. The lowest BCUT2D eigenvalue weighted by atomic mass is 10.1. The number of ether oxygens (including phenoxy) is 1. The first kappa shape index (κ1) is 15.3. The average Bonchev–Trinajstić information content (AvgIpc) is 2.99. The summed E-state index contributed by atoms with van der Waals surface area (Å²) < 4.78 is 5.26. The number of imidazole rings is 1. The van der Waals surface area contributed by atoms with E-state index in [4.69, 9.17) is 4.74 Å². The monoisotopic (exact) mass is 296 g/mol. The van der Waals surface area contributed by atoms with Crippen LogP contribution in [0.1, 0.15) is 18.5 Å². The third kappa shape index (κ3) is 4.19. The van der Waals surface area contributed by atoms with Crippen molar-refractivity contribution in [1.82, 2.24) is 20.2 Å². The van der Waals surface area contributed by atoms with Crippen molar-refractivity contribution in [3.05, 3.63) is 18.2 Å². The van der Waals surface area contributed by atoms with Crippen molar-refractivity contribution < 1.29 is 19.4 Å². The number of carboxylic acid groups (broad SMARTS) is 1. The van der Waals surface area contributed by atoms with Gasteiger partial charge in [-0.25, -0.2) is 14.6 Å². The van der Waals surface area contributed by atoms with Gasteiger partial charge in [-0.3, -0.25) is 0 Å². The minimum Gasteiger partial charge on any atom is -0.480 e. The molecule has 2 unspecified atom stereocenters. The second-order valence-corrected chi connectivity index (χ2v) is 5.07. The van der Waals surface area contributed by atoms with Gasteiger partial charge in [0, 0.05) is 38.5 Å². The molecule has 8 heteroatoms. The zero-order valence-corrected chi connectivity index (χ0v) is 11.9. The number of piperidine rings is 1. The predicted octanol–water partition coefficient (Wildman–Crippen LogP) is 0.226. The van der Waals surface area contributed by atoms with Crippen LogP contribution in [-0.2, 0) is 16.0 Å². The molecule has 0 spiro atoms. The molecule has 1 aliphatic heterocycles. The van der Waals surface area contributed by atoms with Gasteiger partial charge in [-0.1, -0.05) is 0 Å². The molecule has 3 N–H and O–H groups in total. The number of carbonyl (C=O) groups excluding carboxylic acids is 1. The predicted molar refractivity (Wildman–Crippen MR) is 73.9 cm³/mol. The van der Waals surface area contributed by atoms with Crippen LogP contribution < -0.4 is 5.32 Å². The first-order chi connectivity index (χ1) is 10.1. The third-order valence-corrected chi connectivity index (χ3v) is 3.57. The summed E-state index contributed by atoms with van der Waals surface area (Å²) in [5.74, 6) is -1.07. The minimum absolute atomic E-state index is 0.0142. The molecule has 2 rings (SSSR count). The van der Waals surface area contributed by atoms with Crippen LogP contribution >= 0.6 is 0 Å². The number of nitrogens with zero attached hydrogens (tertiary/aromatic N) is 2. The van der Waals surface area contributed by atoms with E-state index in [0.29, 0.717) is 18.8 Å². The van der Waals surface area contributed by atoms with Crippen molar-refractivity contribution in [2.45, 2.75) is 31.4 Å². The van der Waals surface area contributed by atoms with Gasteiger partial charge in [0.2, 0.25) is 0 Å². The van der Waals surface area contributed by atoms with E-state index in [-0.39, 0.29) is 18.6 Å². The molecular weight excluding hydrogens is 276 g/mol. The van der Waals surface area contributed by atoms with Gasteiger partial charge in [-0.05, 0) is 12.8 Å². The molecule has 0 aliphatic carbocycles. The van der Waals surface area contributed by atoms with Crippen molar-refractivity contribution in [2.75, 3.05) is 20.2 Å². The van der Waals surface area contributed by atoms with E-state index in [1.165, 1.54) is 6.33 Å². The van der Waals surface area contributed by atoms with Crippen LogP contribution in [-0.4, -0.2) is 64.3 Å². The molecule has 0 saturated carbocycles. The number of rotatable bonds is 5. The van der Waals surface area contributed by atoms with E-state index in [2.05, 4.69) is 15.3 Å². The van der Waals surface area contributed by atoms with Gasteiger partial charge in [0.15, 0.2) is 0 Å². The van der Waals surface area contributed by atoms with Crippen molar-refractivity contribution in [3.8, 4) is 0 Å². The summed E-state index contributed by atoms with van der Waals surface area (Å²) in [7, 11) is 1.62. The maximum Gasteiger partial charge on any atom is 0.326 e. The topological polar surface area (TPSA) is 108 Å². The molecule has 1 aromatic rings. The standard InChI is InChI=1S/C13H20N4O4/c1-21-10-3-2-4-17(7-10)13(20)16-11(12(18)19)5-9-6-14-8-15-9/h6,8,10-11H,2-5,7H2,1H3,(H,14,15)(H,16,20)(H,18,19). The molecule has 0 bridgehead atoms. The molecule has 0 radical (unpaired) electrons. The number of aliphatic carboxylic acids is 1. The number of amides is 2. The summed E-state index contributed by atoms with van der Waals surface area (Å²) >= 11 is 0. The van der Waals surface area contributed by atoms with Gasteiger partial charge in [0.1, 0.15) is 6.04 Å². The number of aromatic amines is 1. The third-order valence-electron chi connectivity index (χ3n) is 3.57. The number of hydrogen-bond donors (Lipinski definition) is 3. The fourth-order valence-electron chi connectivity index (χ4n) is 2.37. The van der Waals surface area contributed by atoms with Gasteiger partial charge in [0.05, 0.1) is 12.4 Å². The van der Waals surface area contributed by atoms with Crippen LogP contribution in [0.2, 0.25) is 0 Å². The highest BCUT2D eigenvalue weighted by atomic mass is 16.5. The quantitative estimate of drug-likeness (QED) is 0.720. The lowest BCUT2D eigenvalue weighted by Gasteiger charge is -2.32. The zero-order chi connectivity index (χ0) is 15.2. The number of methoxy groups -OCH3 is 1. The Labute approximate surface area is 122 Å². The van der Waals surface area contributed by atoms with Crippen molar-refractivity contribution in [2.24, 2.45) is 0 Å². The smallest absolute Gasteiger partial charge is 0.326 e. The second-order valence-electron chi connectivity index (χ2n) is 5.07. The zero-order valence-electron chi connectivity index (χ0n) is 11.9. The maximum absolute atomic E-state index is 12.2. The van der Waals surface area contributed by atoms with Crippen LogP contribution in [0.3, 0.4) is 0 Å². The van der Waals surface area contributed by atoms with Gasteiger partial charge in [0.25, 0.3) is 0 Å². The van der Waals surface area contributed by atoms with Gasteiger partial charge in [-0.15, -0.1) is 0 Å². The van der Waals surface area contributed by atoms with Crippen LogP contribution in [0, 0.1) is 0 Å². The Hall–Kier alpha value is -2.09. The fourth-order valence-corrected chi connectivity index (χ4v) is 2.37. The number of nitrogens with one attached hydrogen (secondary N) is 2. The Bertz CT molecular complexity index is 477. The molecule has 2 amide bonds. The van der Waals surface area contributed by atoms with Crippen molar-refractivity contribution in [1.29, 1.82) is 0 Å². The number of urea groups is 1. The van der Waals surface area contributed by atoms with Crippen LogP contribution in [0.5, 0.6) is 0 Å². The van der Waals surface area contributed by atoms with Crippen LogP contribution in [0.25, 0.3) is 0 Å². The number of likely N-dealkylation sites (tertiary alicyclic amines) is 1. The average molecular weight is 296 g/mol. The lowest BCUT2D eigenvalue weighted by Crippen LogP contribution is -2.52. The molecule has 0 aromatic carbocycles. The second kappa shape index (κ2) is 7.07. The van der Waals surface area contributed by atoms with Gasteiger partial charge >= 0.3 is 12.0 Å². The summed E-state index contributed by atoms with van der Waals surface area (Å²) in [4.78, 5) is 31.7. The van der Waals surface area contributed by atoms with E-state index < -0.39 is 12.0 Å². The number of aromatic nitrogens is 2. The van der Waals surface area contributed by atoms with E-state index in [0.717, 1.165) is 12.8 Å². The Morgan fingerprint density at radius 2 is 2.48 bits per heavy atom. The SMILES string of the molecule is COC1CCCN(C(=O)NC(Cc2cnc[nH]2)C(=O)O)C1. The summed E-state index contributed by atoms with van der Waals surface area (Å²) in [6, 6.07) is -1.36. The maximum atomic E-state index is 12.2. The number of hydrogen-bond acceptors (Lipinski definition) is 4. The van der Waals surface area contributed by atoms with E-state index in [1.807, 2.05) is 0 Å². The number of H-pyrrole nitrogens is 1. The summed E-state index contributed by atoms with van der Waals surface area (Å²) in [5.41, 5.74) is 0.663. The molecule has 2 atom stereocenters. The Morgan fingerprint density at radius 3 is 3.10 bits per heavy atom. The van der Waals surface area contributed by atoms with Crippen LogP contribution in [0.4, 0.5) is 4.79 Å². The summed E-state index contributed by atoms with van der Waals surface area (Å²) in [6.45, 7) is 1.10. The number of carboxylic acids is 1.